The molecular weight excluding hydrogens is 302 g/mol. The first-order valence-electron chi connectivity index (χ1n) is 7.59. The monoisotopic (exact) mass is 323 g/mol. The average molecular weight is 323 g/mol. The maximum absolute atomic E-state index is 12.5. The predicted octanol–water partition coefficient (Wildman–Crippen LogP) is -0.501. The van der Waals surface area contributed by atoms with E-state index in [1.807, 2.05) is 0 Å². The van der Waals surface area contributed by atoms with Crippen molar-refractivity contribution in [1.82, 2.24) is 14.0 Å². The Morgan fingerprint density at radius 2 is 1.83 bits per heavy atom. The van der Waals surface area contributed by atoms with Crippen LogP contribution in [-0.2, 0) is 23.6 Å². The standard InChI is InChI=1S/C15H21N3O5/c1-4-23-14(21)10-5-7-18(8-6-10)13(20)11-9-16(2)15(22)17(3)12(11)19/h9-10H,4-8H2,1-3H3. The Bertz CT molecular complexity index is 726. The van der Waals surface area contributed by atoms with Crippen molar-refractivity contribution in [2.75, 3.05) is 19.7 Å². The molecular formula is C15H21N3O5. The number of hydrogen-bond acceptors (Lipinski definition) is 5. The highest BCUT2D eigenvalue weighted by Gasteiger charge is 2.30. The van der Waals surface area contributed by atoms with Gasteiger partial charge in [-0.1, -0.05) is 0 Å². The lowest BCUT2D eigenvalue weighted by molar-refractivity contribution is -0.149. The van der Waals surface area contributed by atoms with E-state index in [1.165, 1.54) is 29.8 Å². The largest absolute Gasteiger partial charge is 0.466 e. The summed E-state index contributed by atoms with van der Waals surface area (Å²) in [5, 5.41) is 0. The number of rotatable bonds is 3. The average Bonchev–Trinajstić information content (AvgIpc) is 2.56. The number of ether oxygens (including phenoxy) is 1. The van der Waals surface area contributed by atoms with Crippen LogP contribution >= 0.6 is 0 Å². The molecule has 0 atom stereocenters. The van der Waals surface area contributed by atoms with Gasteiger partial charge in [0.25, 0.3) is 11.5 Å². The molecule has 1 aliphatic rings. The van der Waals surface area contributed by atoms with Crippen molar-refractivity contribution in [3.05, 3.63) is 32.6 Å². The Kier molecular flexibility index (Phi) is 5.02. The van der Waals surface area contributed by atoms with Gasteiger partial charge in [-0.3, -0.25) is 19.0 Å². The minimum atomic E-state index is -0.606. The van der Waals surface area contributed by atoms with Gasteiger partial charge in [-0.05, 0) is 19.8 Å². The molecule has 126 valence electrons. The van der Waals surface area contributed by atoms with E-state index in [2.05, 4.69) is 0 Å². The number of likely N-dealkylation sites (tertiary alicyclic amines) is 1. The summed E-state index contributed by atoms with van der Waals surface area (Å²) in [4.78, 5) is 49.5. The molecule has 1 aliphatic heterocycles. The van der Waals surface area contributed by atoms with E-state index < -0.39 is 17.2 Å². The summed E-state index contributed by atoms with van der Waals surface area (Å²) in [6.45, 7) is 2.86. The molecule has 0 unspecified atom stereocenters. The minimum absolute atomic E-state index is 0.0378. The third-order valence-electron chi connectivity index (χ3n) is 4.08. The first-order valence-corrected chi connectivity index (χ1v) is 7.59. The fraction of sp³-hybridized carbons (Fsp3) is 0.600. The van der Waals surface area contributed by atoms with Gasteiger partial charge in [0.15, 0.2) is 0 Å². The molecule has 1 amide bonds. The van der Waals surface area contributed by atoms with Gasteiger partial charge in [0, 0.05) is 33.4 Å². The van der Waals surface area contributed by atoms with Crippen LogP contribution in [-0.4, -0.2) is 45.6 Å². The van der Waals surface area contributed by atoms with Gasteiger partial charge in [-0.15, -0.1) is 0 Å². The van der Waals surface area contributed by atoms with Gasteiger partial charge in [0.1, 0.15) is 5.56 Å². The van der Waals surface area contributed by atoms with Gasteiger partial charge < -0.3 is 14.2 Å². The van der Waals surface area contributed by atoms with Crippen molar-refractivity contribution in [2.24, 2.45) is 20.0 Å². The normalized spacial score (nSPS) is 15.5. The predicted molar refractivity (Wildman–Crippen MR) is 82.2 cm³/mol. The third-order valence-corrected chi connectivity index (χ3v) is 4.08. The van der Waals surface area contributed by atoms with Crippen LogP contribution in [0.2, 0.25) is 0 Å². The molecule has 8 nitrogen and oxygen atoms in total. The first-order chi connectivity index (χ1) is 10.9. The molecule has 1 fully saturated rings. The highest BCUT2D eigenvalue weighted by Crippen LogP contribution is 2.19. The second kappa shape index (κ2) is 6.80. The molecule has 23 heavy (non-hydrogen) atoms. The van der Waals surface area contributed by atoms with Gasteiger partial charge in [0.2, 0.25) is 0 Å². The summed E-state index contributed by atoms with van der Waals surface area (Å²) in [6, 6.07) is 0. The number of piperidine rings is 1. The molecule has 0 radical (unpaired) electrons. The van der Waals surface area contributed by atoms with Crippen LogP contribution in [0.5, 0.6) is 0 Å². The topological polar surface area (TPSA) is 90.6 Å². The number of nitrogens with zero attached hydrogens (tertiary/aromatic N) is 3. The molecule has 0 spiro atoms. The molecule has 8 heteroatoms. The van der Waals surface area contributed by atoms with E-state index in [4.69, 9.17) is 4.74 Å². The summed E-state index contributed by atoms with van der Waals surface area (Å²) in [6.07, 6.45) is 2.29. The lowest BCUT2D eigenvalue weighted by Gasteiger charge is -2.30. The lowest BCUT2D eigenvalue weighted by Crippen LogP contribution is -2.45. The summed E-state index contributed by atoms with van der Waals surface area (Å²) >= 11 is 0. The van der Waals surface area contributed by atoms with E-state index in [1.54, 1.807) is 6.92 Å². The fourth-order valence-corrected chi connectivity index (χ4v) is 2.70. The van der Waals surface area contributed by atoms with Crippen molar-refractivity contribution in [1.29, 1.82) is 0 Å². The van der Waals surface area contributed by atoms with Crippen LogP contribution in [0.1, 0.15) is 30.1 Å². The van der Waals surface area contributed by atoms with Crippen LogP contribution in [0.15, 0.2) is 15.8 Å². The summed E-state index contributed by atoms with van der Waals surface area (Å²) in [5.41, 5.74) is -1.12. The lowest BCUT2D eigenvalue weighted by atomic mass is 9.96. The van der Waals surface area contributed by atoms with Gasteiger partial charge in [-0.25, -0.2) is 4.79 Å². The SMILES string of the molecule is CCOC(=O)C1CCN(C(=O)c2cn(C)c(=O)n(C)c2=O)CC1. The van der Waals surface area contributed by atoms with Crippen LogP contribution in [0.25, 0.3) is 0 Å². The maximum atomic E-state index is 12.5. The van der Waals surface area contributed by atoms with Crippen molar-refractivity contribution in [3.63, 3.8) is 0 Å². The highest BCUT2D eigenvalue weighted by molar-refractivity contribution is 5.93. The second-order valence-electron chi connectivity index (χ2n) is 5.62. The molecule has 0 N–H and O–H groups in total. The Hall–Kier alpha value is -2.38. The number of carbonyl (C=O) groups excluding carboxylic acids is 2. The molecule has 2 heterocycles. The Balaban J connectivity index is 2.14. The van der Waals surface area contributed by atoms with Crippen LogP contribution in [0.4, 0.5) is 0 Å². The molecule has 2 rings (SSSR count). The summed E-state index contributed by atoms with van der Waals surface area (Å²) in [7, 11) is 2.83. The third kappa shape index (κ3) is 3.35. The van der Waals surface area contributed by atoms with Crippen LogP contribution in [0.3, 0.4) is 0 Å². The van der Waals surface area contributed by atoms with Crippen molar-refractivity contribution < 1.29 is 14.3 Å². The van der Waals surface area contributed by atoms with E-state index in [0.29, 0.717) is 32.5 Å². The zero-order valence-corrected chi connectivity index (χ0v) is 13.6. The second-order valence-corrected chi connectivity index (χ2v) is 5.62. The number of aryl methyl sites for hydroxylation is 1. The van der Waals surface area contributed by atoms with Crippen molar-refractivity contribution >= 4 is 11.9 Å². The molecule has 0 aromatic carbocycles. The van der Waals surface area contributed by atoms with E-state index in [-0.39, 0.29) is 17.5 Å². The Morgan fingerprint density at radius 3 is 2.39 bits per heavy atom. The van der Waals surface area contributed by atoms with Crippen molar-refractivity contribution in [2.45, 2.75) is 19.8 Å². The number of hydrogen-bond donors (Lipinski definition) is 0. The van der Waals surface area contributed by atoms with E-state index >= 15 is 0 Å². The molecule has 1 saturated heterocycles. The number of carbonyl (C=O) groups is 2. The number of amides is 1. The van der Waals surface area contributed by atoms with E-state index in [9.17, 15) is 19.2 Å². The Labute approximate surface area is 133 Å². The van der Waals surface area contributed by atoms with Gasteiger partial charge >= 0.3 is 11.7 Å². The molecule has 1 aromatic rings. The molecule has 0 aliphatic carbocycles. The van der Waals surface area contributed by atoms with Crippen molar-refractivity contribution in [3.8, 4) is 0 Å². The summed E-state index contributed by atoms with van der Waals surface area (Å²) in [5.74, 6) is -0.858. The number of esters is 1. The van der Waals surface area contributed by atoms with E-state index in [0.717, 1.165) is 4.57 Å². The molecule has 0 bridgehead atoms. The zero-order chi connectivity index (χ0) is 17.1. The Morgan fingerprint density at radius 1 is 1.22 bits per heavy atom. The smallest absolute Gasteiger partial charge is 0.330 e. The van der Waals surface area contributed by atoms with Crippen LogP contribution in [0, 0.1) is 5.92 Å². The molecule has 0 saturated carbocycles. The highest BCUT2D eigenvalue weighted by atomic mass is 16.5. The summed E-state index contributed by atoms with van der Waals surface area (Å²) < 4.78 is 7.12. The zero-order valence-electron chi connectivity index (χ0n) is 13.6. The quantitative estimate of drug-likeness (QED) is 0.700. The first kappa shape index (κ1) is 17.0. The van der Waals surface area contributed by atoms with Gasteiger partial charge in [-0.2, -0.15) is 0 Å². The molecule has 1 aromatic heterocycles. The minimum Gasteiger partial charge on any atom is -0.466 e. The fourth-order valence-electron chi connectivity index (χ4n) is 2.70. The van der Waals surface area contributed by atoms with Crippen LogP contribution < -0.4 is 11.2 Å². The van der Waals surface area contributed by atoms with Gasteiger partial charge in [0.05, 0.1) is 12.5 Å². The maximum Gasteiger partial charge on any atom is 0.330 e. The number of aromatic nitrogens is 2.